The summed E-state index contributed by atoms with van der Waals surface area (Å²) in [7, 11) is 2.01. The molecule has 1 aliphatic carbocycles. The zero-order valence-electron chi connectivity index (χ0n) is 8.62. The fourth-order valence-electron chi connectivity index (χ4n) is 2.31. The summed E-state index contributed by atoms with van der Waals surface area (Å²) in [5, 5.41) is 7.46. The van der Waals surface area contributed by atoms with Crippen LogP contribution in [0.1, 0.15) is 32.1 Å². The molecule has 0 spiro atoms. The molecule has 0 radical (unpaired) electrons. The molecule has 2 aliphatic rings. The molecule has 0 aromatic rings. The molecular weight excluding hydrogens is 196 g/mol. The highest BCUT2D eigenvalue weighted by molar-refractivity contribution is 6.29. The second-order valence-electron chi connectivity index (χ2n) is 3.88. The summed E-state index contributed by atoms with van der Waals surface area (Å²) in [4.78, 5) is 0. The van der Waals surface area contributed by atoms with Gasteiger partial charge in [0.25, 0.3) is 0 Å². The van der Waals surface area contributed by atoms with E-state index in [1.165, 1.54) is 36.1 Å². The zero-order chi connectivity index (χ0) is 9.97. The van der Waals surface area contributed by atoms with E-state index in [2.05, 4.69) is 10.6 Å². The monoisotopic (exact) mass is 212 g/mol. The minimum absolute atomic E-state index is 0.880. The number of nitrogens with one attached hydrogen (secondary N) is 2. The van der Waals surface area contributed by atoms with Crippen molar-refractivity contribution in [1.82, 2.24) is 10.6 Å². The van der Waals surface area contributed by atoms with Crippen LogP contribution in [0, 0.1) is 0 Å². The van der Waals surface area contributed by atoms with Crippen molar-refractivity contribution >= 4 is 11.6 Å². The Bertz CT molecular complexity index is 292. The van der Waals surface area contributed by atoms with Gasteiger partial charge < -0.3 is 10.6 Å². The highest BCUT2D eigenvalue weighted by Crippen LogP contribution is 2.35. The molecule has 14 heavy (non-hydrogen) atoms. The van der Waals surface area contributed by atoms with Crippen molar-refractivity contribution in [2.24, 2.45) is 0 Å². The van der Waals surface area contributed by atoms with Crippen LogP contribution >= 0.6 is 11.6 Å². The number of allylic oxidation sites excluding steroid dienone is 2. The van der Waals surface area contributed by atoms with E-state index in [1.54, 1.807) is 0 Å². The first-order valence-electron chi connectivity index (χ1n) is 5.35. The molecule has 3 heteroatoms. The lowest BCUT2D eigenvalue weighted by Crippen LogP contribution is -2.14. The van der Waals surface area contributed by atoms with E-state index in [0.717, 1.165) is 24.5 Å². The normalized spacial score (nSPS) is 22.7. The second-order valence-corrected chi connectivity index (χ2v) is 4.26. The predicted octanol–water partition coefficient (Wildman–Crippen LogP) is 2.48. The van der Waals surface area contributed by atoms with E-state index < -0.39 is 0 Å². The third-order valence-electron chi connectivity index (χ3n) is 3.05. The highest BCUT2D eigenvalue weighted by Gasteiger charge is 2.20. The number of hydrogen-bond acceptors (Lipinski definition) is 2. The maximum Gasteiger partial charge on any atom is 0.105 e. The molecule has 1 fully saturated rings. The van der Waals surface area contributed by atoms with Gasteiger partial charge in [0.2, 0.25) is 0 Å². The van der Waals surface area contributed by atoms with Crippen molar-refractivity contribution in [2.75, 3.05) is 13.6 Å². The summed E-state index contributed by atoms with van der Waals surface area (Å²) in [5.41, 5.74) is 4.19. The van der Waals surface area contributed by atoms with Gasteiger partial charge in [0.05, 0.1) is 0 Å². The molecule has 0 atom stereocenters. The Balaban J connectivity index is 2.38. The van der Waals surface area contributed by atoms with E-state index in [-0.39, 0.29) is 0 Å². The molecule has 2 rings (SSSR count). The standard InChI is InChI=1S/C11H17ClN2/c1-13-10-6-7-14-11(12)9-5-3-2-4-8(9)10/h13-14H,2-7H2,1H3. The van der Waals surface area contributed by atoms with Crippen LogP contribution < -0.4 is 10.6 Å². The molecule has 1 aliphatic heterocycles. The van der Waals surface area contributed by atoms with E-state index in [1.807, 2.05) is 7.05 Å². The van der Waals surface area contributed by atoms with Gasteiger partial charge in [-0.25, -0.2) is 0 Å². The number of rotatable bonds is 1. The summed E-state index contributed by atoms with van der Waals surface area (Å²) in [5.74, 6) is 0. The van der Waals surface area contributed by atoms with Gasteiger partial charge in [0.15, 0.2) is 0 Å². The Morgan fingerprint density at radius 2 is 1.86 bits per heavy atom. The van der Waals surface area contributed by atoms with Crippen molar-refractivity contribution in [3.05, 3.63) is 22.0 Å². The van der Waals surface area contributed by atoms with Gasteiger partial charge in [0, 0.05) is 25.7 Å². The molecule has 0 aromatic carbocycles. The quantitative estimate of drug-likeness (QED) is 0.653. The van der Waals surface area contributed by atoms with Gasteiger partial charge in [-0.15, -0.1) is 0 Å². The second kappa shape index (κ2) is 4.26. The minimum Gasteiger partial charge on any atom is -0.391 e. The molecular formula is C11H17ClN2. The van der Waals surface area contributed by atoms with Crippen molar-refractivity contribution < 1.29 is 0 Å². The number of hydrogen-bond donors (Lipinski definition) is 2. The average molecular weight is 213 g/mol. The molecule has 2 N–H and O–H groups in total. The first kappa shape index (κ1) is 9.91. The molecule has 2 nitrogen and oxygen atoms in total. The predicted molar refractivity (Wildman–Crippen MR) is 60.1 cm³/mol. The van der Waals surface area contributed by atoms with Crippen molar-refractivity contribution in [3.63, 3.8) is 0 Å². The maximum absolute atomic E-state index is 6.22. The van der Waals surface area contributed by atoms with E-state index in [0.29, 0.717) is 0 Å². The topological polar surface area (TPSA) is 24.1 Å². The Labute approximate surface area is 90.4 Å². The summed E-state index contributed by atoms with van der Waals surface area (Å²) >= 11 is 6.22. The third-order valence-corrected chi connectivity index (χ3v) is 3.42. The summed E-state index contributed by atoms with van der Waals surface area (Å²) < 4.78 is 0. The van der Waals surface area contributed by atoms with Gasteiger partial charge in [-0.3, -0.25) is 0 Å². The molecule has 0 saturated heterocycles. The molecule has 0 bridgehead atoms. The maximum atomic E-state index is 6.22. The largest absolute Gasteiger partial charge is 0.391 e. The fraction of sp³-hybridized carbons (Fsp3) is 0.636. The summed E-state index contributed by atoms with van der Waals surface area (Å²) in [6.07, 6.45) is 5.95. The van der Waals surface area contributed by atoms with Crippen molar-refractivity contribution in [3.8, 4) is 0 Å². The molecule has 1 heterocycles. The van der Waals surface area contributed by atoms with Crippen molar-refractivity contribution in [1.29, 1.82) is 0 Å². The van der Waals surface area contributed by atoms with Crippen LogP contribution in [-0.2, 0) is 0 Å². The van der Waals surface area contributed by atoms with Crippen LogP contribution in [0.4, 0.5) is 0 Å². The Morgan fingerprint density at radius 3 is 2.57 bits per heavy atom. The zero-order valence-corrected chi connectivity index (χ0v) is 9.38. The fourth-order valence-corrected chi connectivity index (χ4v) is 2.61. The molecule has 0 amide bonds. The van der Waals surface area contributed by atoms with E-state index in [9.17, 15) is 0 Å². The molecule has 78 valence electrons. The van der Waals surface area contributed by atoms with E-state index >= 15 is 0 Å². The van der Waals surface area contributed by atoms with E-state index in [4.69, 9.17) is 11.6 Å². The van der Waals surface area contributed by atoms with Gasteiger partial charge >= 0.3 is 0 Å². The van der Waals surface area contributed by atoms with Gasteiger partial charge in [-0.05, 0) is 36.8 Å². The Morgan fingerprint density at radius 1 is 1.14 bits per heavy atom. The van der Waals surface area contributed by atoms with Crippen LogP contribution in [0.15, 0.2) is 22.0 Å². The third kappa shape index (κ3) is 1.76. The van der Waals surface area contributed by atoms with Crippen LogP contribution in [0.2, 0.25) is 0 Å². The smallest absolute Gasteiger partial charge is 0.105 e. The van der Waals surface area contributed by atoms with Gasteiger partial charge in [-0.2, -0.15) is 0 Å². The lowest BCUT2D eigenvalue weighted by atomic mass is 9.88. The first-order chi connectivity index (χ1) is 6.83. The minimum atomic E-state index is 0.880. The number of halogens is 1. The Kier molecular flexibility index (Phi) is 3.02. The van der Waals surface area contributed by atoms with Gasteiger partial charge in [0.1, 0.15) is 5.16 Å². The number of fused-ring (bicyclic) bond motifs is 1. The van der Waals surface area contributed by atoms with Crippen LogP contribution in [-0.4, -0.2) is 13.6 Å². The van der Waals surface area contributed by atoms with Crippen LogP contribution in [0.25, 0.3) is 0 Å². The summed E-state index contributed by atoms with van der Waals surface area (Å²) in [6.45, 7) is 0.946. The molecule has 1 saturated carbocycles. The molecule has 0 aromatic heterocycles. The van der Waals surface area contributed by atoms with Gasteiger partial charge in [-0.1, -0.05) is 11.6 Å². The summed E-state index contributed by atoms with van der Waals surface area (Å²) in [6, 6.07) is 0. The van der Waals surface area contributed by atoms with Crippen molar-refractivity contribution in [2.45, 2.75) is 32.1 Å². The molecule has 0 unspecified atom stereocenters. The SMILES string of the molecule is CNC1=C2CCCCC2=C(Cl)NCC1. The average Bonchev–Trinajstić information content (AvgIpc) is 2.39. The van der Waals surface area contributed by atoms with Crippen LogP contribution in [0.5, 0.6) is 0 Å². The van der Waals surface area contributed by atoms with Crippen LogP contribution in [0.3, 0.4) is 0 Å². The highest BCUT2D eigenvalue weighted by atomic mass is 35.5. The Hall–Kier alpha value is -0.630. The lowest BCUT2D eigenvalue weighted by Gasteiger charge is -2.21. The first-order valence-corrected chi connectivity index (χ1v) is 5.73. The lowest BCUT2D eigenvalue weighted by molar-refractivity contribution is 0.663.